The molecule has 3 rings (SSSR count). The molecule has 1 aromatic heterocycles. The maximum atomic E-state index is 12.6. The molecule has 1 aliphatic rings. The van der Waals surface area contributed by atoms with Crippen LogP contribution in [0.15, 0.2) is 34.1 Å². The predicted molar refractivity (Wildman–Crippen MR) is 102 cm³/mol. The van der Waals surface area contributed by atoms with Gasteiger partial charge in [0.15, 0.2) is 9.84 Å². The number of rotatable bonds is 5. The number of esters is 1. The van der Waals surface area contributed by atoms with Crippen LogP contribution in [0, 0.1) is 6.92 Å². The highest BCUT2D eigenvalue weighted by atomic mass is 32.2. The summed E-state index contributed by atoms with van der Waals surface area (Å²) in [7, 11) is -3.09. The Morgan fingerprint density at radius 3 is 2.89 bits per heavy atom. The van der Waals surface area contributed by atoms with Gasteiger partial charge >= 0.3 is 5.97 Å². The van der Waals surface area contributed by atoms with Gasteiger partial charge in [0.1, 0.15) is 0 Å². The lowest BCUT2D eigenvalue weighted by Gasteiger charge is -2.07. The number of carbonyl (C=O) groups is 1. The van der Waals surface area contributed by atoms with Crippen molar-refractivity contribution in [1.82, 2.24) is 9.78 Å². The number of aliphatic imine (C=N–C) groups is 1. The molecule has 1 saturated heterocycles. The first-order chi connectivity index (χ1) is 12.8. The van der Waals surface area contributed by atoms with Crippen LogP contribution >= 0.6 is 0 Å². The van der Waals surface area contributed by atoms with E-state index in [0.29, 0.717) is 28.9 Å². The molecular formula is C18H21N3O5S. The number of ether oxygens (including phenoxy) is 1. The molecule has 1 N–H and O–H groups in total. The number of aromatic nitrogens is 2. The summed E-state index contributed by atoms with van der Waals surface area (Å²) in [5, 5.41) is 2.95. The Balaban J connectivity index is 1.85. The fourth-order valence-corrected chi connectivity index (χ4v) is 4.74. The maximum Gasteiger partial charge on any atom is 0.338 e. The third kappa shape index (κ3) is 4.19. The van der Waals surface area contributed by atoms with E-state index in [1.165, 1.54) is 10.9 Å². The van der Waals surface area contributed by atoms with Gasteiger partial charge < -0.3 is 4.74 Å². The Labute approximate surface area is 156 Å². The van der Waals surface area contributed by atoms with E-state index >= 15 is 0 Å². The Bertz CT molecular complexity index is 1050. The maximum absolute atomic E-state index is 12.6. The molecular weight excluding hydrogens is 370 g/mol. The smallest absolute Gasteiger partial charge is 0.338 e. The minimum Gasteiger partial charge on any atom is -0.462 e. The minimum absolute atomic E-state index is 0.0367. The number of hydrogen-bond donors (Lipinski definition) is 1. The van der Waals surface area contributed by atoms with Crippen molar-refractivity contribution in [3.05, 3.63) is 51.4 Å². The van der Waals surface area contributed by atoms with Gasteiger partial charge in [0.25, 0.3) is 5.56 Å². The summed E-state index contributed by atoms with van der Waals surface area (Å²) in [5.74, 6) is -0.380. The Morgan fingerprint density at radius 2 is 2.22 bits per heavy atom. The van der Waals surface area contributed by atoms with Crippen molar-refractivity contribution in [1.29, 1.82) is 0 Å². The number of nitrogens with zero attached hydrogens (tertiary/aromatic N) is 2. The number of H-pyrrole nitrogens is 1. The van der Waals surface area contributed by atoms with E-state index in [0.717, 1.165) is 0 Å². The summed E-state index contributed by atoms with van der Waals surface area (Å²) in [6, 6.07) is 6.23. The number of carbonyl (C=O) groups excluding carboxylic acids is 1. The third-order valence-electron chi connectivity index (χ3n) is 4.41. The average molecular weight is 391 g/mol. The van der Waals surface area contributed by atoms with Crippen LogP contribution in [0.25, 0.3) is 0 Å². The SMILES string of the molecule is CCOC(=O)c1cccc(N=Cc2c(C)[nH]n(C3CCS(=O)(=O)C3)c2=O)c1. The van der Waals surface area contributed by atoms with Crippen LogP contribution in [0.3, 0.4) is 0 Å². The highest BCUT2D eigenvalue weighted by molar-refractivity contribution is 7.91. The van der Waals surface area contributed by atoms with Gasteiger partial charge in [0.05, 0.1) is 41.0 Å². The van der Waals surface area contributed by atoms with Crippen molar-refractivity contribution in [3.8, 4) is 0 Å². The molecule has 1 aromatic carbocycles. The molecule has 8 nitrogen and oxygen atoms in total. The van der Waals surface area contributed by atoms with E-state index in [1.54, 1.807) is 38.1 Å². The lowest BCUT2D eigenvalue weighted by Crippen LogP contribution is -2.25. The fourth-order valence-electron chi connectivity index (χ4n) is 3.04. The molecule has 144 valence electrons. The van der Waals surface area contributed by atoms with Crippen molar-refractivity contribution in [2.24, 2.45) is 4.99 Å². The Morgan fingerprint density at radius 1 is 1.44 bits per heavy atom. The number of aromatic amines is 1. The molecule has 2 heterocycles. The Hall–Kier alpha value is -2.68. The zero-order chi connectivity index (χ0) is 19.6. The monoisotopic (exact) mass is 391 g/mol. The standard InChI is InChI=1S/C18H21N3O5S/c1-3-26-18(23)13-5-4-6-14(9-13)19-10-16-12(2)20-21(17(16)22)15-7-8-27(24,25)11-15/h4-6,9-10,15,20H,3,7-8,11H2,1-2H3. The van der Waals surface area contributed by atoms with Crippen LogP contribution in [0.1, 0.15) is 41.0 Å². The number of hydrogen-bond acceptors (Lipinski definition) is 6. The highest BCUT2D eigenvalue weighted by Gasteiger charge is 2.31. The van der Waals surface area contributed by atoms with Crippen LogP contribution in [0.4, 0.5) is 5.69 Å². The molecule has 0 saturated carbocycles. The molecule has 1 aliphatic heterocycles. The fraction of sp³-hybridized carbons (Fsp3) is 0.389. The quantitative estimate of drug-likeness (QED) is 0.617. The molecule has 1 atom stereocenters. The van der Waals surface area contributed by atoms with E-state index in [4.69, 9.17) is 4.74 Å². The average Bonchev–Trinajstić information content (AvgIpc) is 3.12. The lowest BCUT2D eigenvalue weighted by atomic mass is 10.2. The summed E-state index contributed by atoms with van der Waals surface area (Å²) in [5.41, 5.74) is 1.55. The van der Waals surface area contributed by atoms with Crippen molar-refractivity contribution in [2.75, 3.05) is 18.1 Å². The molecule has 0 amide bonds. The van der Waals surface area contributed by atoms with E-state index < -0.39 is 15.8 Å². The summed E-state index contributed by atoms with van der Waals surface area (Å²) < 4.78 is 29.7. The van der Waals surface area contributed by atoms with Gasteiger partial charge in [-0.05, 0) is 38.5 Å². The number of benzene rings is 1. The van der Waals surface area contributed by atoms with Crippen LogP contribution in [0.5, 0.6) is 0 Å². The van der Waals surface area contributed by atoms with Crippen LogP contribution in [-0.4, -0.2) is 48.5 Å². The molecule has 2 aromatic rings. The van der Waals surface area contributed by atoms with Crippen LogP contribution in [-0.2, 0) is 14.6 Å². The van der Waals surface area contributed by atoms with E-state index in [-0.39, 0.29) is 29.7 Å². The topological polar surface area (TPSA) is 111 Å². The summed E-state index contributed by atoms with van der Waals surface area (Å²) >= 11 is 0. The highest BCUT2D eigenvalue weighted by Crippen LogP contribution is 2.22. The second-order valence-corrected chi connectivity index (χ2v) is 8.64. The largest absolute Gasteiger partial charge is 0.462 e. The van der Waals surface area contributed by atoms with Gasteiger partial charge in [-0.25, -0.2) is 17.9 Å². The molecule has 0 bridgehead atoms. The van der Waals surface area contributed by atoms with Gasteiger partial charge in [0.2, 0.25) is 0 Å². The third-order valence-corrected chi connectivity index (χ3v) is 6.17. The lowest BCUT2D eigenvalue weighted by molar-refractivity contribution is 0.0526. The first-order valence-electron chi connectivity index (χ1n) is 8.63. The van der Waals surface area contributed by atoms with Crippen molar-refractivity contribution in [3.63, 3.8) is 0 Å². The Kier molecular flexibility index (Phi) is 5.31. The predicted octanol–water partition coefficient (Wildman–Crippen LogP) is 1.77. The van der Waals surface area contributed by atoms with Gasteiger partial charge in [-0.3, -0.25) is 14.9 Å². The van der Waals surface area contributed by atoms with E-state index in [2.05, 4.69) is 10.1 Å². The molecule has 27 heavy (non-hydrogen) atoms. The van der Waals surface area contributed by atoms with E-state index in [9.17, 15) is 18.0 Å². The first kappa shape index (κ1) is 19.1. The van der Waals surface area contributed by atoms with Crippen molar-refractivity contribution in [2.45, 2.75) is 26.3 Å². The van der Waals surface area contributed by atoms with Crippen LogP contribution in [0.2, 0.25) is 0 Å². The minimum atomic E-state index is -3.09. The van der Waals surface area contributed by atoms with Crippen molar-refractivity contribution >= 4 is 27.7 Å². The normalized spacial score (nSPS) is 18.8. The van der Waals surface area contributed by atoms with Gasteiger partial charge in [-0.15, -0.1) is 0 Å². The molecule has 9 heteroatoms. The van der Waals surface area contributed by atoms with Crippen LogP contribution < -0.4 is 5.56 Å². The summed E-state index contributed by atoms with van der Waals surface area (Å²) in [6.07, 6.45) is 1.85. The van der Waals surface area contributed by atoms with Gasteiger partial charge in [0, 0.05) is 11.9 Å². The van der Waals surface area contributed by atoms with E-state index in [1.807, 2.05) is 0 Å². The van der Waals surface area contributed by atoms with Gasteiger partial charge in [-0.2, -0.15) is 0 Å². The number of aryl methyl sites for hydroxylation is 1. The summed E-state index contributed by atoms with van der Waals surface area (Å²) in [6.45, 7) is 3.75. The number of sulfone groups is 1. The number of nitrogens with one attached hydrogen (secondary N) is 1. The zero-order valence-corrected chi connectivity index (χ0v) is 16.0. The molecule has 1 unspecified atom stereocenters. The molecule has 1 fully saturated rings. The zero-order valence-electron chi connectivity index (χ0n) is 15.1. The second-order valence-electron chi connectivity index (χ2n) is 6.41. The van der Waals surface area contributed by atoms with Gasteiger partial charge in [-0.1, -0.05) is 6.07 Å². The molecule has 0 aliphatic carbocycles. The molecule has 0 radical (unpaired) electrons. The molecule has 0 spiro atoms. The van der Waals surface area contributed by atoms with Crippen molar-refractivity contribution < 1.29 is 17.9 Å². The first-order valence-corrected chi connectivity index (χ1v) is 10.5. The second kappa shape index (κ2) is 7.51. The summed E-state index contributed by atoms with van der Waals surface area (Å²) in [4.78, 5) is 28.7.